The number of rotatable bonds is 3. The van der Waals surface area contributed by atoms with Crippen molar-refractivity contribution in [2.24, 2.45) is 0 Å². The molecule has 2 aliphatic rings. The van der Waals surface area contributed by atoms with E-state index in [9.17, 15) is 0 Å². The van der Waals surface area contributed by atoms with Crippen LogP contribution < -0.4 is 10.5 Å². The lowest BCUT2D eigenvalue weighted by atomic mass is 9.92. The number of fused-ring (bicyclic) bond motifs is 1. The highest BCUT2D eigenvalue weighted by Crippen LogP contribution is 2.39. The minimum absolute atomic E-state index is 0.608. The monoisotopic (exact) mass is 299 g/mol. The third kappa shape index (κ3) is 2.88. The Bertz CT molecular complexity index is 670. The summed E-state index contributed by atoms with van der Waals surface area (Å²) >= 11 is 0. The Morgan fingerprint density at radius 1 is 1.23 bits per heavy atom. The molecule has 0 aromatic heterocycles. The van der Waals surface area contributed by atoms with E-state index in [1.165, 1.54) is 11.1 Å². The van der Waals surface area contributed by atoms with E-state index in [1.54, 1.807) is 7.11 Å². The molecule has 1 aliphatic heterocycles. The molecule has 1 atom stereocenters. The summed E-state index contributed by atoms with van der Waals surface area (Å²) in [6, 6.07) is 7.35. The summed E-state index contributed by atoms with van der Waals surface area (Å²) in [5, 5.41) is 0. The lowest BCUT2D eigenvalue weighted by Gasteiger charge is -2.37. The largest absolute Gasteiger partial charge is 0.462 e. The van der Waals surface area contributed by atoms with Crippen LogP contribution in [0.25, 0.3) is 0 Å². The molecule has 2 N–H and O–H groups in total. The van der Waals surface area contributed by atoms with Gasteiger partial charge in [-0.25, -0.2) is 0 Å². The highest BCUT2D eigenvalue weighted by atomic mass is 16.7. The zero-order valence-electron chi connectivity index (χ0n) is 13.2. The smallest absolute Gasteiger partial charge is 0.211 e. The van der Waals surface area contributed by atoms with Gasteiger partial charge in [0.2, 0.25) is 5.79 Å². The van der Waals surface area contributed by atoms with Crippen LogP contribution in [0.3, 0.4) is 0 Å². The number of methoxy groups -OCH3 is 1. The standard InChI is InChI=1S/C18H21NO3/c1-12-11-18(2,20-3)22-17-10-15(8-9-16(12)17)21-14-6-4-13(19)5-7-14/h4-8,10H,9,11,19H2,1-3H3. The quantitative estimate of drug-likeness (QED) is 0.860. The molecule has 116 valence electrons. The molecule has 22 heavy (non-hydrogen) atoms. The van der Waals surface area contributed by atoms with Crippen LogP contribution in [0.2, 0.25) is 0 Å². The van der Waals surface area contributed by atoms with Crippen LogP contribution in [0.4, 0.5) is 5.69 Å². The molecular formula is C18H21NO3. The predicted molar refractivity (Wildman–Crippen MR) is 86.1 cm³/mol. The number of benzene rings is 1. The van der Waals surface area contributed by atoms with Gasteiger partial charge in [0.1, 0.15) is 17.3 Å². The zero-order chi connectivity index (χ0) is 15.7. The van der Waals surface area contributed by atoms with Crippen molar-refractivity contribution in [3.05, 3.63) is 59.1 Å². The second-order valence-electron chi connectivity index (χ2n) is 5.87. The van der Waals surface area contributed by atoms with Crippen LogP contribution in [0.5, 0.6) is 5.75 Å². The average Bonchev–Trinajstić information content (AvgIpc) is 2.49. The first-order chi connectivity index (χ1) is 10.5. The van der Waals surface area contributed by atoms with Gasteiger partial charge in [-0.1, -0.05) is 5.57 Å². The Hall–Kier alpha value is -2.20. The van der Waals surface area contributed by atoms with E-state index in [-0.39, 0.29) is 0 Å². The number of hydrogen-bond acceptors (Lipinski definition) is 4. The molecule has 1 heterocycles. The summed E-state index contributed by atoms with van der Waals surface area (Å²) in [7, 11) is 1.67. The fourth-order valence-corrected chi connectivity index (χ4v) is 2.77. The molecule has 0 bridgehead atoms. The summed E-state index contributed by atoms with van der Waals surface area (Å²) in [6.07, 6.45) is 5.58. The van der Waals surface area contributed by atoms with E-state index >= 15 is 0 Å². The van der Waals surface area contributed by atoms with Gasteiger partial charge in [0.15, 0.2) is 0 Å². The van der Waals surface area contributed by atoms with Crippen molar-refractivity contribution in [2.45, 2.75) is 32.5 Å². The van der Waals surface area contributed by atoms with E-state index in [0.717, 1.165) is 35.8 Å². The van der Waals surface area contributed by atoms with Crippen molar-refractivity contribution in [1.29, 1.82) is 0 Å². The zero-order valence-corrected chi connectivity index (χ0v) is 13.2. The molecule has 1 unspecified atom stereocenters. The van der Waals surface area contributed by atoms with E-state index in [4.69, 9.17) is 19.9 Å². The van der Waals surface area contributed by atoms with Crippen molar-refractivity contribution >= 4 is 5.69 Å². The Kier molecular flexibility index (Phi) is 3.71. The SMILES string of the molecule is COC1(C)CC(C)=C2CC=C(Oc3ccc(N)cc3)C=C2O1. The first kappa shape index (κ1) is 14.7. The van der Waals surface area contributed by atoms with Crippen molar-refractivity contribution in [3.8, 4) is 5.75 Å². The van der Waals surface area contributed by atoms with E-state index < -0.39 is 5.79 Å². The molecule has 0 saturated heterocycles. The van der Waals surface area contributed by atoms with Crippen molar-refractivity contribution in [2.75, 3.05) is 12.8 Å². The lowest BCUT2D eigenvalue weighted by Crippen LogP contribution is -2.35. The summed E-state index contributed by atoms with van der Waals surface area (Å²) < 4.78 is 17.4. The van der Waals surface area contributed by atoms with Gasteiger partial charge < -0.3 is 19.9 Å². The van der Waals surface area contributed by atoms with E-state index in [1.807, 2.05) is 37.3 Å². The fourth-order valence-electron chi connectivity index (χ4n) is 2.77. The number of hydrogen-bond donors (Lipinski definition) is 1. The van der Waals surface area contributed by atoms with Gasteiger partial charge in [-0.3, -0.25) is 0 Å². The predicted octanol–water partition coefficient (Wildman–Crippen LogP) is 3.92. The van der Waals surface area contributed by atoms with Crippen LogP contribution in [-0.2, 0) is 9.47 Å². The number of anilines is 1. The maximum atomic E-state index is 6.02. The second kappa shape index (κ2) is 5.54. The topological polar surface area (TPSA) is 53.7 Å². The molecule has 0 radical (unpaired) electrons. The van der Waals surface area contributed by atoms with Gasteiger partial charge in [-0.05, 0) is 49.3 Å². The maximum Gasteiger partial charge on any atom is 0.211 e. The normalized spacial score (nSPS) is 24.1. The lowest BCUT2D eigenvalue weighted by molar-refractivity contribution is -0.187. The molecule has 0 spiro atoms. The first-order valence-electron chi connectivity index (χ1n) is 7.37. The van der Waals surface area contributed by atoms with Gasteiger partial charge in [0, 0.05) is 32.2 Å². The average molecular weight is 299 g/mol. The number of nitrogens with two attached hydrogens (primary N) is 1. The fraction of sp³-hybridized carbons (Fsp3) is 0.333. The van der Waals surface area contributed by atoms with Crippen molar-refractivity contribution in [3.63, 3.8) is 0 Å². The van der Waals surface area contributed by atoms with Crippen molar-refractivity contribution in [1.82, 2.24) is 0 Å². The van der Waals surface area contributed by atoms with E-state index in [2.05, 4.69) is 13.0 Å². The molecule has 1 aliphatic carbocycles. The molecule has 4 heteroatoms. The minimum atomic E-state index is -0.608. The van der Waals surface area contributed by atoms with Crippen LogP contribution in [0.15, 0.2) is 59.1 Å². The first-order valence-corrected chi connectivity index (χ1v) is 7.37. The minimum Gasteiger partial charge on any atom is -0.462 e. The number of ether oxygens (including phenoxy) is 3. The van der Waals surface area contributed by atoms with Gasteiger partial charge in [0.05, 0.1) is 0 Å². The third-order valence-corrected chi connectivity index (χ3v) is 4.05. The Labute approximate surface area is 130 Å². The molecule has 0 saturated carbocycles. The Morgan fingerprint density at radius 2 is 1.95 bits per heavy atom. The summed E-state index contributed by atoms with van der Waals surface area (Å²) in [4.78, 5) is 0. The molecule has 4 nitrogen and oxygen atoms in total. The van der Waals surface area contributed by atoms with E-state index in [0.29, 0.717) is 0 Å². The second-order valence-corrected chi connectivity index (χ2v) is 5.87. The van der Waals surface area contributed by atoms with Crippen LogP contribution in [-0.4, -0.2) is 12.9 Å². The summed E-state index contributed by atoms with van der Waals surface area (Å²) in [6.45, 7) is 4.08. The summed E-state index contributed by atoms with van der Waals surface area (Å²) in [5.74, 6) is 1.76. The number of allylic oxidation sites excluding steroid dienone is 3. The molecule has 1 aromatic carbocycles. The van der Waals surface area contributed by atoms with Crippen LogP contribution in [0, 0.1) is 0 Å². The van der Waals surface area contributed by atoms with Gasteiger partial charge >= 0.3 is 0 Å². The molecule has 0 fully saturated rings. The molecule has 3 rings (SSSR count). The van der Waals surface area contributed by atoms with Crippen LogP contribution in [0.1, 0.15) is 26.7 Å². The van der Waals surface area contributed by atoms with Gasteiger partial charge in [0.25, 0.3) is 0 Å². The van der Waals surface area contributed by atoms with Gasteiger partial charge in [-0.15, -0.1) is 0 Å². The third-order valence-electron chi connectivity index (χ3n) is 4.05. The molecular weight excluding hydrogens is 278 g/mol. The summed E-state index contributed by atoms with van der Waals surface area (Å²) in [5.41, 5.74) is 8.92. The highest BCUT2D eigenvalue weighted by molar-refractivity contribution is 5.45. The molecule has 0 amide bonds. The molecule has 1 aromatic rings. The Morgan fingerprint density at radius 3 is 2.64 bits per heavy atom. The van der Waals surface area contributed by atoms with Crippen molar-refractivity contribution < 1.29 is 14.2 Å². The van der Waals surface area contributed by atoms with Crippen LogP contribution >= 0.6 is 0 Å². The number of nitrogen functional groups attached to an aromatic ring is 1. The highest BCUT2D eigenvalue weighted by Gasteiger charge is 2.35. The maximum absolute atomic E-state index is 6.02. The van der Waals surface area contributed by atoms with Gasteiger partial charge in [-0.2, -0.15) is 0 Å². The Balaban J connectivity index is 1.83.